The summed E-state index contributed by atoms with van der Waals surface area (Å²) in [7, 11) is 3.03. The minimum Gasteiger partial charge on any atom is -0.502 e. The highest BCUT2D eigenvalue weighted by Gasteiger charge is 2.15. The van der Waals surface area contributed by atoms with Crippen LogP contribution in [-0.4, -0.2) is 24.3 Å². The van der Waals surface area contributed by atoms with Crippen molar-refractivity contribution in [3.63, 3.8) is 0 Å². The van der Waals surface area contributed by atoms with E-state index < -0.39 is 0 Å². The van der Waals surface area contributed by atoms with Crippen LogP contribution in [0.4, 0.5) is 0 Å². The molecule has 0 radical (unpaired) electrons. The van der Waals surface area contributed by atoms with Gasteiger partial charge in [0.2, 0.25) is 5.75 Å². The molecule has 1 heterocycles. The van der Waals surface area contributed by atoms with Crippen LogP contribution in [-0.2, 0) is 0 Å². The van der Waals surface area contributed by atoms with E-state index in [1.54, 1.807) is 12.3 Å². The molecule has 1 aromatic heterocycles. The lowest BCUT2D eigenvalue weighted by Gasteiger charge is -2.13. The first-order valence-corrected chi connectivity index (χ1v) is 6.53. The third kappa shape index (κ3) is 2.25. The molecule has 0 atom stereocenters. The molecular weight excluding hydrogens is 266 g/mol. The van der Waals surface area contributed by atoms with E-state index in [-0.39, 0.29) is 5.75 Å². The largest absolute Gasteiger partial charge is 0.502 e. The first-order chi connectivity index (χ1) is 10.2. The van der Waals surface area contributed by atoms with Crippen molar-refractivity contribution in [2.45, 2.75) is 0 Å². The second-order valence-electron chi connectivity index (χ2n) is 4.61. The lowest BCUT2D eigenvalue weighted by atomic mass is 10.0. The van der Waals surface area contributed by atoms with Crippen molar-refractivity contribution in [1.29, 1.82) is 0 Å². The van der Waals surface area contributed by atoms with Gasteiger partial charge in [-0.1, -0.05) is 18.2 Å². The number of rotatable bonds is 3. The third-order valence-corrected chi connectivity index (χ3v) is 3.44. The Morgan fingerprint density at radius 3 is 2.62 bits per heavy atom. The SMILES string of the molecule is COc1ccc(-c2ccc3cccnc3c2)c(OC)c1O. The second kappa shape index (κ2) is 5.32. The molecular formula is C17H15NO3. The topological polar surface area (TPSA) is 51.6 Å². The summed E-state index contributed by atoms with van der Waals surface area (Å²) < 4.78 is 10.4. The molecule has 106 valence electrons. The van der Waals surface area contributed by atoms with E-state index in [0.29, 0.717) is 11.5 Å². The molecule has 3 aromatic rings. The first kappa shape index (κ1) is 13.2. The molecule has 0 aliphatic rings. The molecule has 0 aliphatic heterocycles. The molecule has 0 unspecified atom stereocenters. The molecule has 0 amide bonds. The lowest BCUT2D eigenvalue weighted by Crippen LogP contribution is -1.92. The van der Waals surface area contributed by atoms with Crippen molar-refractivity contribution in [3.05, 3.63) is 48.7 Å². The molecule has 1 N–H and O–H groups in total. The molecule has 0 bridgehead atoms. The number of methoxy groups -OCH3 is 2. The molecule has 0 saturated carbocycles. The van der Waals surface area contributed by atoms with Crippen molar-refractivity contribution in [1.82, 2.24) is 4.98 Å². The fourth-order valence-electron chi connectivity index (χ4n) is 2.39. The summed E-state index contributed by atoms with van der Waals surface area (Å²) in [4.78, 5) is 4.35. The van der Waals surface area contributed by atoms with E-state index in [0.717, 1.165) is 22.0 Å². The van der Waals surface area contributed by atoms with Crippen LogP contribution in [0.1, 0.15) is 0 Å². The Kier molecular flexibility index (Phi) is 3.36. The molecule has 4 nitrogen and oxygen atoms in total. The van der Waals surface area contributed by atoms with Gasteiger partial charge in [0.1, 0.15) is 0 Å². The predicted molar refractivity (Wildman–Crippen MR) is 81.9 cm³/mol. The molecule has 21 heavy (non-hydrogen) atoms. The third-order valence-electron chi connectivity index (χ3n) is 3.44. The Morgan fingerprint density at radius 2 is 1.86 bits per heavy atom. The summed E-state index contributed by atoms with van der Waals surface area (Å²) in [6, 6.07) is 13.4. The Labute approximate surface area is 122 Å². The maximum atomic E-state index is 10.2. The average molecular weight is 281 g/mol. The normalized spacial score (nSPS) is 10.6. The van der Waals surface area contributed by atoms with E-state index >= 15 is 0 Å². The summed E-state index contributed by atoms with van der Waals surface area (Å²) >= 11 is 0. The van der Waals surface area contributed by atoms with Gasteiger partial charge < -0.3 is 14.6 Å². The van der Waals surface area contributed by atoms with Gasteiger partial charge in [-0.05, 0) is 29.8 Å². The fourth-order valence-corrected chi connectivity index (χ4v) is 2.39. The van der Waals surface area contributed by atoms with Gasteiger partial charge in [-0.3, -0.25) is 4.98 Å². The number of fused-ring (bicyclic) bond motifs is 1. The standard InChI is InChI=1S/C17H15NO3/c1-20-15-8-7-13(17(21-2)16(15)19)12-6-5-11-4-3-9-18-14(11)10-12/h3-10,19H,1-2H3. The van der Waals surface area contributed by atoms with Gasteiger partial charge in [-0.25, -0.2) is 0 Å². The van der Waals surface area contributed by atoms with Gasteiger partial charge >= 0.3 is 0 Å². The zero-order valence-corrected chi connectivity index (χ0v) is 11.8. The number of pyridine rings is 1. The Hall–Kier alpha value is -2.75. The van der Waals surface area contributed by atoms with E-state index in [9.17, 15) is 5.11 Å². The van der Waals surface area contributed by atoms with Crippen molar-refractivity contribution in [3.8, 4) is 28.4 Å². The van der Waals surface area contributed by atoms with E-state index in [1.807, 2.05) is 36.4 Å². The molecule has 3 rings (SSSR count). The summed E-state index contributed by atoms with van der Waals surface area (Å²) in [5.41, 5.74) is 2.62. The number of ether oxygens (including phenoxy) is 2. The molecule has 0 aliphatic carbocycles. The van der Waals surface area contributed by atoms with Crippen LogP contribution in [0.25, 0.3) is 22.0 Å². The Morgan fingerprint density at radius 1 is 1.00 bits per heavy atom. The molecule has 0 fully saturated rings. The van der Waals surface area contributed by atoms with E-state index in [2.05, 4.69) is 4.98 Å². The Balaban J connectivity index is 2.20. The highest BCUT2D eigenvalue weighted by atomic mass is 16.5. The second-order valence-corrected chi connectivity index (χ2v) is 4.61. The van der Waals surface area contributed by atoms with Crippen LogP contribution < -0.4 is 9.47 Å². The molecule has 0 spiro atoms. The monoisotopic (exact) mass is 281 g/mol. The number of nitrogens with zero attached hydrogens (tertiary/aromatic N) is 1. The van der Waals surface area contributed by atoms with Crippen molar-refractivity contribution in [2.75, 3.05) is 14.2 Å². The quantitative estimate of drug-likeness (QED) is 0.796. The van der Waals surface area contributed by atoms with Gasteiger partial charge in [-0.15, -0.1) is 0 Å². The zero-order valence-electron chi connectivity index (χ0n) is 11.8. The number of aromatic nitrogens is 1. The van der Waals surface area contributed by atoms with Gasteiger partial charge in [0.25, 0.3) is 0 Å². The lowest BCUT2D eigenvalue weighted by molar-refractivity contribution is 0.341. The van der Waals surface area contributed by atoms with Crippen LogP contribution in [0.2, 0.25) is 0 Å². The smallest absolute Gasteiger partial charge is 0.201 e. The van der Waals surface area contributed by atoms with Crippen LogP contribution in [0, 0.1) is 0 Å². The van der Waals surface area contributed by atoms with Gasteiger partial charge in [-0.2, -0.15) is 0 Å². The van der Waals surface area contributed by atoms with Gasteiger partial charge in [0.05, 0.1) is 19.7 Å². The molecule has 4 heteroatoms. The minimum atomic E-state index is -0.00128. The van der Waals surface area contributed by atoms with E-state index in [4.69, 9.17) is 9.47 Å². The number of benzene rings is 2. The number of hydrogen-bond donors (Lipinski definition) is 1. The van der Waals surface area contributed by atoms with Crippen molar-refractivity contribution in [2.24, 2.45) is 0 Å². The van der Waals surface area contributed by atoms with Crippen LogP contribution in [0.5, 0.6) is 17.2 Å². The number of phenols is 1. The maximum Gasteiger partial charge on any atom is 0.201 e. The minimum absolute atomic E-state index is 0.00128. The van der Waals surface area contributed by atoms with Gasteiger partial charge in [0.15, 0.2) is 11.5 Å². The van der Waals surface area contributed by atoms with Crippen LogP contribution >= 0.6 is 0 Å². The fraction of sp³-hybridized carbons (Fsp3) is 0.118. The average Bonchev–Trinajstić information content (AvgIpc) is 2.54. The highest BCUT2D eigenvalue weighted by Crippen LogP contribution is 2.43. The highest BCUT2D eigenvalue weighted by molar-refractivity contribution is 5.86. The van der Waals surface area contributed by atoms with Crippen LogP contribution in [0.15, 0.2) is 48.7 Å². The maximum absolute atomic E-state index is 10.2. The Bertz CT molecular complexity index is 799. The number of aromatic hydroxyl groups is 1. The summed E-state index contributed by atoms with van der Waals surface area (Å²) in [5, 5.41) is 11.2. The molecule has 0 saturated heterocycles. The van der Waals surface area contributed by atoms with Crippen molar-refractivity contribution >= 4 is 10.9 Å². The first-order valence-electron chi connectivity index (χ1n) is 6.53. The summed E-state index contributed by atoms with van der Waals surface area (Å²) in [6.45, 7) is 0. The molecule has 2 aromatic carbocycles. The zero-order chi connectivity index (χ0) is 14.8. The van der Waals surface area contributed by atoms with Crippen LogP contribution in [0.3, 0.4) is 0 Å². The number of phenolic OH excluding ortho intramolecular Hbond substituents is 1. The summed E-state index contributed by atoms with van der Waals surface area (Å²) in [5.74, 6) is 0.776. The van der Waals surface area contributed by atoms with E-state index in [1.165, 1.54) is 14.2 Å². The van der Waals surface area contributed by atoms with Crippen molar-refractivity contribution < 1.29 is 14.6 Å². The summed E-state index contributed by atoms with van der Waals surface area (Å²) in [6.07, 6.45) is 1.76. The number of hydrogen-bond acceptors (Lipinski definition) is 4. The van der Waals surface area contributed by atoms with Gasteiger partial charge in [0, 0.05) is 17.1 Å². The predicted octanol–water partition coefficient (Wildman–Crippen LogP) is 3.62.